The highest BCUT2D eigenvalue weighted by molar-refractivity contribution is 6.30. The monoisotopic (exact) mass is 549 g/mol. The topological polar surface area (TPSA) is 110 Å². The molecule has 9 heteroatoms. The summed E-state index contributed by atoms with van der Waals surface area (Å²) < 4.78 is 11.9. The standard InChI is InChI=1S/C30H32ClN3O5/c1-16-24(28(36)37)33-26(38-16)18-11-12-34(30(5,6)15-18)27(35)23-14-22-25(39-23)20(29(2,3)4)13-21(32-22)17-7-9-19(31)10-8-17/h7-10,13-14,18H,11-12,15H2,1-6H3,(H,36,37). The Morgan fingerprint density at radius 1 is 1.10 bits per heavy atom. The summed E-state index contributed by atoms with van der Waals surface area (Å²) >= 11 is 6.09. The number of pyridine rings is 1. The van der Waals surface area contributed by atoms with Crippen LogP contribution in [-0.2, 0) is 5.41 Å². The highest BCUT2D eigenvalue weighted by atomic mass is 35.5. The van der Waals surface area contributed by atoms with Gasteiger partial charge in [-0.1, -0.05) is 44.5 Å². The maximum atomic E-state index is 13.8. The van der Waals surface area contributed by atoms with Crippen molar-refractivity contribution in [3.63, 3.8) is 0 Å². The van der Waals surface area contributed by atoms with Crippen LogP contribution in [0.4, 0.5) is 0 Å². The molecule has 3 aromatic heterocycles. The van der Waals surface area contributed by atoms with Crippen molar-refractivity contribution in [1.29, 1.82) is 0 Å². The Labute approximate surface area is 232 Å². The third-order valence-corrected chi connectivity index (χ3v) is 7.68. The van der Waals surface area contributed by atoms with Crippen LogP contribution in [0.15, 0.2) is 45.2 Å². The van der Waals surface area contributed by atoms with Crippen LogP contribution in [0.2, 0.25) is 5.02 Å². The summed E-state index contributed by atoms with van der Waals surface area (Å²) in [5.74, 6) is -0.481. The van der Waals surface area contributed by atoms with Gasteiger partial charge in [-0.3, -0.25) is 4.79 Å². The van der Waals surface area contributed by atoms with Crippen molar-refractivity contribution >= 4 is 34.6 Å². The first-order valence-corrected chi connectivity index (χ1v) is 13.4. The molecule has 4 heterocycles. The van der Waals surface area contributed by atoms with Gasteiger partial charge in [-0.15, -0.1) is 0 Å². The first-order chi connectivity index (χ1) is 18.2. The van der Waals surface area contributed by atoms with Crippen LogP contribution in [0.5, 0.6) is 0 Å². The molecule has 1 amide bonds. The van der Waals surface area contributed by atoms with Crippen molar-refractivity contribution in [2.45, 2.75) is 71.3 Å². The minimum Gasteiger partial charge on any atom is -0.476 e. The predicted octanol–water partition coefficient (Wildman–Crippen LogP) is 7.24. The van der Waals surface area contributed by atoms with Gasteiger partial charge in [0, 0.05) is 40.2 Å². The number of furan rings is 1. The van der Waals surface area contributed by atoms with E-state index < -0.39 is 11.5 Å². The number of carboxylic acids is 1. The third-order valence-electron chi connectivity index (χ3n) is 7.43. The van der Waals surface area contributed by atoms with E-state index in [9.17, 15) is 14.7 Å². The molecule has 0 saturated carbocycles. The highest BCUT2D eigenvalue weighted by Gasteiger charge is 2.41. The molecule has 1 fully saturated rings. The van der Waals surface area contributed by atoms with Gasteiger partial charge < -0.3 is 18.8 Å². The van der Waals surface area contributed by atoms with Gasteiger partial charge in [-0.25, -0.2) is 14.8 Å². The molecule has 0 spiro atoms. The molecule has 8 nitrogen and oxygen atoms in total. The minimum absolute atomic E-state index is 0.0660. The molecule has 1 unspecified atom stereocenters. The summed E-state index contributed by atoms with van der Waals surface area (Å²) in [5.41, 5.74) is 3.05. The molecule has 1 aromatic carbocycles. The largest absolute Gasteiger partial charge is 0.476 e. The molecule has 204 valence electrons. The number of aryl methyl sites for hydroxylation is 1. The lowest BCUT2D eigenvalue weighted by atomic mass is 9.82. The maximum absolute atomic E-state index is 13.8. The van der Waals surface area contributed by atoms with Gasteiger partial charge in [0.05, 0.1) is 5.69 Å². The quantitative estimate of drug-likeness (QED) is 0.285. The molecule has 1 atom stereocenters. The van der Waals surface area contributed by atoms with E-state index in [0.29, 0.717) is 41.4 Å². The van der Waals surface area contributed by atoms with Crippen LogP contribution in [-0.4, -0.2) is 43.9 Å². The number of aromatic carboxylic acids is 1. The second kappa shape index (κ2) is 9.52. The van der Waals surface area contributed by atoms with Gasteiger partial charge in [0.2, 0.25) is 0 Å². The SMILES string of the molecule is Cc1oc(C2CCN(C(=O)c3cc4nc(-c5ccc(Cl)cc5)cc(C(C)(C)C)c4o3)C(C)(C)C2)nc1C(=O)O. The van der Waals surface area contributed by atoms with Crippen LogP contribution < -0.4 is 0 Å². The van der Waals surface area contributed by atoms with Crippen LogP contribution in [0.3, 0.4) is 0 Å². The number of benzene rings is 1. The van der Waals surface area contributed by atoms with Crippen molar-refractivity contribution < 1.29 is 23.5 Å². The molecule has 0 aliphatic carbocycles. The Morgan fingerprint density at radius 2 is 1.79 bits per heavy atom. The summed E-state index contributed by atoms with van der Waals surface area (Å²) in [4.78, 5) is 36.1. The first kappa shape index (κ1) is 26.9. The number of fused-ring (bicyclic) bond motifs is 1. The van der Waals surface area contributed by atoms with E-state index in [4.69, 9.17) is 25.4 Å². The molecule has 1 aliphatic heterocycles. The highest BCUT2D eigenvalue weighted by Crippen LogP contribution is 2.40. The Morgan fingerprint density at radius 3 is 2.38 bits per heavy atom. The number of oxazole rings is 1. The second-order valence-electron chi connectivity index (χ2n) is 11.9. The molecule has 0 radical (unpaired) electrons. The van der Waals surface area contributed by atoms with Gasteiger partial charge in [0.1, 0.15) is 11.3 Å². The van der Waals surface area contributed by atoms with Crippen LogP contribution in [0, 0.1) is 6.92 Å². The number of amides is 1. The van der Waals surface area contributed by atoms with Crippen molar-refractivity contribution in [2.24, 2.45) is 0 Å². The van der Waals surface area contributed by atoms with E-state index >= 15 is 0 Å². The smallest absolute Gasteiger partial charge is 0.358 e. The van der Waals surface area contributed by atoms with E-state index in [-0.39, 0.29) is 34.5 Å². The van der Waals surface area contributed by atoms with Gasteiger partial charge in [-0.2, -0.15) is 0 Å². The molecular formula is C30H32ClN3O5. The van der Waals surface area contributed by atoms with E-state index in [0.717, 1.165) is 16.8 Å². The lowest BCUT2D eigenvalue weighted by Crippen LogP contribution is -2.52. The Kier molecular flexibility index (Phi) is 6.58. The predicted molar refractivity (Wildman–Crippen MR) is 148 cm³/mol. The number of rotatable bonds is 4. The van der Waals surface area contributed by atoms with Crippen molar-refractivity contribution in [3.05, 3.63) is 70.1 Å². The number of likely N-dealkylation sites (tertiary alicyclic amines) is 1. The molecule has 1 N–H and O–H groups in total. The average Bonchev–Trinajstić information content (AvgIpc) is 3.46. The molecule has 39 heavy (non-hydrogen) atoms. The molecule has 0 bridgehead atoms. The van der Waals surface area contributed by atoms with E-state index in [1.165, 1.54) is 0 Å². The number of piperidine rings is 1. The number of hydrogen-bond acceptors (Lipinski definition) is 6. The maximum Gasteiger partial charge on any atom is 0.358 e. The number of halogens is 1. The average molecular weight is 550 g/mol. The fraction of sp³-hybridized carbons (Fsp3) is 0.400. The normalized spacial score (nSPS) is 17.5. The van der Waals surface area contributed by atoms with Gasteiger partial charge in [0.25, 0.3) is 5.91 Å². The zero-order chi connectivity index (χ0) is 28.3. The molecule has 1 aliphatic rings. The van der Waals surface area contributed by atoms with Gasteiger partial charge in [0.15, 0.2) is 22.9 Å². The first-order valence-electron chi connectivity index (χ1n) is 13.0. The summed E-state index contributed by atoms with van der Waals surface area (Å²) in [5, 5.41) is 10.00. The Balaban J connectivity index is 1.46. The summed E-state index contributed by atoms with van der Waals surface area (Å²) in [7, 11) is 0. The lowest BCUT2D eigenvalue weighted by molar-refractivity contribution is 0.0345. The Bertz CT molecular complexity index is 1580. The number of hydrogen-bond donors (Lipinski definition) is 1. The van der Waals surface area contributed by atoms with E-state index in [1.54, 1.807) is 13.0 Å². The second-order valence-corrected chi connectivity index (χ2v) is 12.3. The zero-order valence-electron chi connectivity index (χ0n) is 23.0. The van der Waals surface area contributed by atoms with Crippen LogP contribution in [0.25, 0.3) is 22.4 Å². The van der Waals surface area contributed by atoms with Crippen LogP contribution >= 0.6 is 11.6 Å². The summed E-state index contributed by atoms with van der Waals surface area (Å²) in [6.45, 7) is 12.3. The zero-order valence-corrected chi connectivity index (χ0v) is 23.7. The lowest BCUT2D eigenvalue weighted by Gasteiger charge is -2.44. The fourth-order valence-corrected chi connectivity index (χ4v) is 5.49. The Hall–Kier alpha value is -3.65. The number of carboxylic acid groups (broad SMARTS) is 1. The molecule has 5 rings (SSSR count). The van der Waals surface area contributed by atoms with Crippen molar-refractivity contribution in [2.75, 3.05) is 6.54 Å². The molecule has 1 saturated heterocycles. The van der Waals surface area contributed by atoms with Crippen molar-refractivity contribution in [1.82, 2.24) is 14.9 Å². The number of carbonyl (C=O) groups excluding carboxylic acids is 1. The third kappa shape index (κ3) is 5.05. The van der Waals surface area contributed by atoms with E-state index in [1.807, 2.05) is 49.1 Å². The molecular weight excluding hydrogens is 518 g/mol. The fourth-order valence-electron chi connectivity index (χ4n) is 5.37. The minimum atomic E-state index is -1.11. The number of aromatic nitrogens is 2. The van der Waals surface area contributed by atoms with Crippen LogP contribution in [0.1, 0.15) is 91.6 Å². The molecule has 4 aromatic rings. The summed E-state index contributed by atoms with van der Waals surface area (Å²) in [6.07, 6.45) is 1.17. The number of carbonyl (C=O) groups is 2. The van der Waals surface area contributed by atoms with Gasteiger partial charge >= 0.3 is 5.97 Å². The number of nitrogens with zero attached hydrogens (tertiary/aromatic N) is 3. The van der Waals surface area contributed by atoms with E-state index in [2.05, 4.69) is 25.8 Å². The van der Waals surface area contributed by atoms with Gasteiger partial charge in [-0.05, 0) is 57.2 Å². The summed E-state index contributed by atoms with van der Waals surface area (Å²) in [6, 6.07) is 11.3. The van der Waals surface area contributed by atoms with Crippen molar-refractivity contribution in [3.8, 4) is 11.3 Å².